The van der Waals surface area contributed by atoms with Crippen molar-refractivity contribution in [3.8, 4) is 6.07 Å². The summed E-state index contributed by atoms with van der Waals surface area (Å²) < 4.78 is 5.23. The minimum absolute atomic E-state index is 0.258. The van der Waals surface area contributed by atoms with Crippen LogP contribution in [0, 0.1) is 17.2 Å². The third-order valence-electron chi connectivity index (χ3n) is 3.78. The van der Waals surface area contributed by atoms with E-state index in [4.69, 9.17) is 9.84 Å². The number of nitrogens with zero attached hydrogens (tertiary/aromatic N) is 1. The number of hydrogen-bond acceptors (Lipinski definition) is 3. The van der Waals surface area contributed by atoms with Crippen LogP contribution >= 0.6 is 0 Å². The number of benzene rings is 1. The van der Waals surface area contributed by atoms with E-state index >= 15 is 0 Å². The van der Waals surface area contributed by atoms with Gasteiger partial charge >= 0.3 is 5.97 Å². The van der Waals surface area contributed by atoms with Gasteiger partial charge in [-0.1, -0.05) is 12.1 Å². The van der Waals surface area contributed by atoms with Gasteiger partial charge in [0.1, 0.15) is 5.76 Å². The van der Waals surface area contributed by atoms with Crippen LogP contribution in [-0.2, 0) is 11.2 Å². The number of carbonyl (C=O) groups is 1. The summed E-state index contributed by atoms with van der Waals surface area (Å²) in [5.74, 6) is 0.166. The average Bonchev–Trinajstić information content (AvgIpc) is 2.87. The highest BCUT2D eigenvalue weighted by Gasteiger charge is 2.26. The number of aryl methyl sites for hydroxylation is 1. The van der Waals surface area contributed by atoms with Crippen LogP contribution in [0.25, 0.3) is 0 Å². The standard InChI is InChI=1S/C16H17NO3/c1-20-15-9-8-12(14(15)10-17)5-2-11-3-6-13(7-4-11)16(18)19/h3-4,6-7,12H,2,5,8-9H2,1H3,(H,18,19). The van der Waals surface area contributed by atoms with Gasteiger partial charge < -0.3 is 9.84 Å². The highest BCUT2D eigenvalue weighted by atomic mass is 16.5. The van der Waals surface area contributed by atoms with Crippen LogP contribution in [0.2, 0.25) is 0 Å². The summed E-state index contributed by atoms with van der Waals surface area (Å²) in [5, 5.41) is 18.0. The first-order valence-corrected chi connectivity index (χ1v) is 6.65. The third-order valence-corrected chi connectivity index (χ3v) is 3.78. The second-order valence-corrected chi connectivity index (χ2v) is 4.93. The molecule has 2 rings (SSSR count). The van der Waals surface area contributed by atoms with Crippen LogP contribution in [0.15, 0.2) is 35.6 Å². The number of allylic oxidation sites excluding steroid dienone is 2. The lowest BCUT2D eigenvalue weighted by atomic mass is 9.94. The van der Waals surface area contributed by atoms with Crippen molar-refractivity contribution in [1.82, 2.24) is 0 Å². The number of carboxylic acid groups (broad SMARTS) is 1. The maximum atomic E-state index is 10.8. The van der Waals surface area contributed by atoms with Crippen molar-refractivity contribution < 1.29 is 14.6 Å². The second-order valence-electron chi connectivity index (χ2n) is 4.93. The van der Waals surface area contributed by atoms with Crippen molar-refractivity contribution in [3.63, 3.8) is 0 Å². The van der Waals surface area contributed by atoms with Crippen LogP contribution in [-0.4, -0.2) is 18.2 Å². The molecule has 4 nitrogen and oxygen atoms in total. The summed E-state index contributed by atoms with van der Waals surface area (Å²) in [5.41, 5.74) is 2.17. The van der Waals surface area contributed by atoms with Gasteiger partial charge in [0.25, 0.3) is 0 Å². The quantitative estimate of drug-likeness (QED) is 0.893. The van der Waals surface area contributed by atoms with E-state index in [0.29, 0.717) is 5.56 Å². The Morgan fingerprint density at radius 3 is 2.70 bits per heavy atom. The molecule has 0 radical (unpaired) electrons. The zero-order valence-corrected chi connectivity index (χ0v) is 11.4. The largest absolute Gasteiger partial charge is 0.500 e. The molecule has 1 aromatic carbocycles. The molecule has 0 amide bonds. The molecular weight excluding hydrogens is 254 g/mol. The van der Waals surface area contributed by atoms with Crippen LogP contribution in [0.4, 0.5) is 0 Å². The minimum atomic E-state index is -0.910. The number of ether oxygens (including phenoxy) is 1. The fraction of sp³-hybridized carbons (Fsp3) is 0.375. The summed E-state index contributed by atoms with van der Waals surface area (Å²) in [6.45, 7) is 0. The summed E-state index contributed by atoms with van der Waals surface area (Å²) >= 11 is 0. The maximum Gasteiger partial charge on any atom is 0.335 e. The van der Waals surface area contributed by atoms with E-state index < -0.39 is 5.97 Å². The molecule has 20 heavy (non-hydrogen) atoms. The lowest BCUT2D eigenvalue weighted by Gasteiger charge is -2.09. The smallest absolute Gasteiger partial charge is 0.335 e. The number of rotatable bonds is 5. The lowest BCUT2D eigenvalue weighted by Crippen LogP contribution is -2.02. The molecule has 1 N–H and O–H groups in total. The number of aromatic carboxylic acids is 1. The molecule has 1 atom stereocenters. The number of carboxylic acids is 1. The fourth-order valence-electron chi connectivity index (χ4n) is 2.62. The Kier molecular flexibility index (Phi) is 4.41. The molecule has 0 bridgehead atoms. The van der Waals surface area contributed by atoms with Gasteiger partial charge in [-0.05, 0) is 42.9 Å². The first-order valence-electron chi connectivity index (χ1n) is 6.65. The van der Waals surface area contributed by atoms with Crippen LogP contribution < -0.4 is 0 Å². The molecule has 1 aliphatic carbocycles. The molecule has 0 aromatic heterocycles. The van der Waals surface area contributed by atoms with Crippen LogP contribution in [0.3, 0.4) is 0 Å². The van der Waals surface area contributed by atoms with Gasteiger partial charge in [-0.3, -0.25) is 0 Å². The van der Waals surface area contributed by atoms with Gasteiger partial charge in [-0.2, -0.15) is 5.26 Å². The van der Waals surface area contributed by atoms with Crippen LogP contribution in [0.5, 0.6) is 0 Å². The Bertz CT molecular complexity index is 566. The Morgan fingerprint density at radius 2 is 2.15 bits per heavy atom. The molecular formula is C16H17NO3. The second kappa shape index (κ2) is 6.25. The topological polar surface area (TPSA) is 70.3 Å². The summed E-state index contributed by atoms with van der Waals surface area (Å²) in [6.07, 6.45) is 3.52. The fourth-order valence-corrected chi connectivity index (χ4v) is 2.62. The van der Waals surface area contributed by atoms with E-state index in [2.05, 4.69) is 6.07 Å². The van der Waals surface area contributed by atoms with Crippen LogP contribution in [0.1, 0.15) is 35.2 Å². The van der Waals surface area contributed by atoms with E-state index in [0.717, 1.165) is 42.6 Å². The zero-order chi connectivity index (χ0) is 14.5. The average molecular weight is 271 g/mol. The van der Waals surface area contributed by atoms with E-state index in [-0.39, 0.29) is 5.92 Å². The van der Waals surface area contributed by atoms with Gasteiger partial charge in [-0.25, -0.2) is 4.79 Å². The molecule has 0 heterocycles. The summed E-state index contributed by atoms with van der Waals surface area (Å²) in [4.78, 5) is 10.8. The first kappa shape index (κ1) is 14.1. The number of hydrogen-bond donors (Lipinski definition) is 1. The molecule has 1 unspecified atom stereocenters. The van der Waals surface area contributed by atoms with Gasteiger partial charge in [-0.15, -0.1) is 0 Å². The van der Waals surface area contributed by atoms with Crippen molar-refractivity contribution in [1.29, 1.82) is 5.26 Å². The van der Waals surface area contributed by atoms with Crippen molar-refractivity contribution in [3.05, 3.63) is 46.7 Å². The Labute approximate surface area is 118 Å². The molecule has 4 heteroatoms. The minimum Gasteiger partial charge on any atom is -0.500 e. The first-order chi connectivity index (χ1) is 9.65. The Balaban J connectivity index is 1.98. The van der Waals surface area contributed by atoms with Crippen molar-refractivity contribution in [2.45, 2.75) is 25.7 Å². The molecule has 1 aromatic rings. The van der Waals surface area contributed by atoms with Crippen molar-refractivity contribution >= 4 is 5.97 Å². The predicted molar refractivity (Wildman–Crippen MR) is 74.1 cm³/mol. The maximum absolute atomic E-state index is 10.8. The normalized spacial score (nSPS) is 17.9. The Hall–Kier alpha value is -2.28. The highest BCUT2D eigenvalue weighted by molar-refractivity contribution is 5.87. The zero-order valence-electron chi connectivity index (χ0n) is 11.4. The number of nitriles is 1. The Morgan fingerprint density at radius 1 is 1.45 bits per heavy atom. The third kappa shape index (κ3) is 3.00. The molecule has 0 saturated carbocycles. The van der Waals surface area contributed by atoms with Gasteiger partial charge in [0.15, 0.2) is 0 Å². The molecule has 0 saturated heterocycles. The van der Waals surface area contributed by atoms with Gasteiger partial charge in [0.05, 0.1) is 24.3 Å². The highest BCUT2D eigenvalue weighted by Crippen LogP contribution is 2.34. The summed E-state index contributed by atoms with van der Waals surface area (Å²) in [6, 6.07) is 9.17. The van der Waals surface area contributed by atoms with E-state index in [9.17, 15) is 10.1 Å². The van der Waals surface area contributed by atoms with Gasteiger partial charge in [0, 0.05) is 6.42 Å². The predicted octanol–water partition coefficient (Wildman–Crippen LogP) is 3.15. The molecule has 0 aliphatic heterocycles. The molecule has 104 valence electrons. The molecule has 1 aliphatic rings. The van der Waals surface area contributed by atoms with E-state index in [1.54, 1.807) is 19.2 Å². The summed E-state index contributed by atoms with van der Waals surface area (Å²) in [7, 11) is 1.61. The van der Waals surface area contributed by atoms with Crippen molar-refractivity contribution in [2.24, 2.45) is 5.92 Å². The number of methoxy groups -OCH3 is 1. The van der Waals surface area contributed by atoms with E-state index in [1.807, 2.05) is 12.1 Å². The van der Waals surface area contributed by atoms with E-state index in [1.165, 1.54) is 0 Å². The van der Waals surface area contributed by atoms with Gasteiger partial charge in [0.2, 0.25) is 0 Å². The SMILES string of the molecule is COC1=C(C#N)C(CCc2ccc(C(=O)O)cc2)CC1. The molecule has 0 spiro atoms. The monoisotopic (exact) mass is 271 g/mol. The lowest BCUT2D eigenvalue weighted by molar-refractivity contribution is 0.0697. The molecule has 0 fully saturated rings. The van der Waals surface area contributed by atoms with Crippen molar-refractivity contribution in [2.75, 3.05) is 7.11 Å².